The number of hydrogen-bond acceptors (Lipinski definition) is 2. The zero-order chi connectivity index (χ0) is 13.8. The van der Waals surface area contributed by atoms with E-state index in [1.165, 1.54) is 12.1 Å². The van der Waals surface area contributed by atoms with Crippen molar-refractivity contribution in [3.8, 4) is 0 Å². The number of likely N-dealkylation sites (N-methyl/N-ethyl adjacent to an activating group) is 1. The molecule has 0 bridgehead atoms. The Hall–Kier alpha value is -1.75. The molecule has 0 saturated carbocycles. The summed E-state index contributed by atoms with van der Waals surface area (Å²) in [5, 5.41) is 7.34. The van der Waals surface area contributed by atoms with E-state index < -0.39 is 11.6 Å². The van der Waals surface area contributed by atoms with Crippen LogP contribution in [0.2, 0.25) is 0 Å². The SMILES string of the molecule is CCn1cc(C(Cc2ccc(F)cc2F)NC)cn1. The van der Waals surface area contributed by atoms with Crippen molar-refractivity contribution in [3.63, 3.8) is 0 Å². The van der Waals surface area contributed by atoms with Gasteiger partial charge in [0.15, 0.2) is 0 Å². The Kier molecular flexibility index (Phi) is 4.27. The highest BCUT2D eigenvalue weighted by Crippen LogP contribution is 2.20. The van der Waals surface area contributed by atoms with Crippen LogP contribution in [-0.2, 0) is 13.0 Å². The van der Waals surface area contributed by atoms with E-state index >= 15 is 0 Å². The molecular formula is C14H17F2N3. The number of nitrogens with zero attached hydrogens (tertiary/aromatic N) is 2. The molecule has 0 radical (unpaired) electrons. The van der Waals surface area contributed by atoms with Crippen LogP contribution in [0.25, 0.3) is 0 Å². The first kappa shape index (κ1) is 13.7. The summed E-state index contributed by atoms with van der Waals surface area (Å²) in [5.74, 6) is -1.07. The Morgan fingerprint density at radius 3 is 2.74 bits per heavy atom. The fourth-order valence-corrected chi connectivity index (χ4v) is 2.03. The summed E-state index contributed by atoms with van der Waals surface area (Å²) in [6.07, 6.45) is 4.16. The number of aromatic nitrogens is 2. The monoisotopic (exact) mass is 265 g/mol. The minimum absolute atomic E-state index is 0.0414. The van der Waals surface area contributed by atoms with E-state index in [9.17, 15) is 8.78 Å². The third-order valence-corrected chi connectivity index (χ3v) is 3.17. The van der Waals surface area contributed by atoms with Crippen molar-refractivity contribution >= 4 is 0 Å². The molecule has 19 heavy (non-hydrogen) atoms. The molecule has 0 fully saturated rings. The second kappa shape index (κ2) is 5.93. The van der Waals surface area contributed by atoms with Gasteiger partial charge >= 0.3 is 0 Å². The van der Waals surface area contributed by atoms with Crippen molar-refractivity contribution in [1.29, 1.82) is 0 Å². The number of rotatable bonds is 5. The predicted octanol–water partition coefficient (Wildman–Crippen LogP) is 2.68. The molecule has 1 aromatic heterocycles. The number of benzene rings is 1. The Morgan fingerprint density at radius 2 is 2.16 bits per heavy atom. The van der Waals surface area contributed by atoms with Crippen LogP contribution in [0.3, 0.4) is 0 Å². The van der Waals surface area contributed by atoms with Crippen LogP contribution in [0.1, 0.15) is 24.1 Å². The summed E-state index contributed by atoms with van der Waals surface area (Å²) in [6.45, 7) is 2.80. The first-order valence-corrected chi connectivity index (χ1v) is 6.27. The van der Waals surface area contributed by atoms with Crippen LogP contribution in [0.15, 0.2) is 30.6 Å². The molecule has 5 heteroatoms. The van der Waals surface area contributed by atoms with E-state index in [2.05, 4.69) is 10.4 Å². The number of nitrogens with one attached hydrogen (secondary N) is 1. The van der Waals surface area contributed by atoms with Gasteiger partial charge < -0.3 is 5.32 Å². The van der Waals surface area contributed by atoms with Crippen molar-refractivity contribution in [1.82, 2.24) is 15.1 Å². The van der Waals surface area contributed by atoms with Crippen molar-refractivity contribution in [2.45, 2.75) is 25.9 Å². The minimum atomic E-state index is -0.555. The predicted molar refractivity (Wildman–Crippen MR) is 69.8 cm³/mol. The van der Waals surface area contributed by atoms with Gasteiger partial charge in [0.05, 0.1) is 6.20 Å². The highest BCUT2D eigenvalue weighted by atomic mass is 19.1. The fourth-order valence-electron chi connectivity index (χ4n) is 2.03. The van der Waals surface area contributed by atoms with Crippen LogP contribution < -0.4 is 5.32 Å². The van der Waals surface area contributed by atoms with Crippen molar-refractivity contribution in [2.75, 3.05) is 7.05 Å². The van der Waals surface area contributed by atoms with Crippen LogP contribution in [0.4, 0.5) is 8.78 Å². The Bertz CT molecular complexity index is 551. The molecule has 3 nitrogen and oxygen atoms in total. The molecule has 0 saturated heterocycles. The molecule has 0 aliphatic rings. The normalized spacial score (nSPS) is 12.6. The molecule has 1 heterocycles. The Balaban J connectivity index is 2.18. The van der Waals surface area contributed by atoms with Gasteiger partial charge in [-0.1, -0.05) is 6.07 Å². The second-order valence-corrected chi connectivity index (χ2v) is 4.41. The standard InChI is InChI=1S/C14H17F2N3/c1-3-19-9-11(8-18-19)14(17-2)6-10-4-5-12(15)7-13(10)16/h4-5,7-9,14,17H,3,6H2,1-2H3. The molecule has 0 spiro atoms. The minimum Gasteiger partial charge on any atom is -0.313 e. The first-order valence-electron chi connectivity index (χ1n) is 6.27. The van der Waals surface area contributed by atoms with E-state index in [-0.39, 0.29) is 6.04 Å². The molecule has 0 aliphatic heterocycles. The molecule has 0 aliphatic carbocycles. The van der Waals surface area contributed by atoms with Gasteiger partial charge in [-0.15, -0.1) is 0 Å². The van der Waals surface area contributed by atoms with Crippen molar-refractivity contribution in [3.05, 3.63) is 53.4 Å². The second-order valence-electron chi connectivity index (χ2n) is 4.41. The zero-order valence-electron chi connectivity index (χ0n) is 11.0. The van der Waals surface area contributed by atoms with Gasteiger partial charge in [0, 0.05) is 30.4 Å². The van der Waals surface area contributed by atoms with E-state index in [0.717, 1.165) is 18.2 Å². The van der Waals surface area contributed by atoms with Crippen molar-refractivity contribution in [2.24, 2.45) is 0 Å². The van der Waals surface area contributed by atoms with Crippen LogP contribution in [-0.4, -0.2) is 16.8 Å². The van der Waals surface area contributed by atoms with Gasteiger partial charge in [-0.3, -0.25) is 4.68 Å². The summed E-state index contributed by atoms with van der Waals surface area (Å²) in [5.41, 5.74) is 1.48. The quantitative estimate of drug-likeness (QED) is 0.900. The zero-order valence-corrected chi connectivity index (χ0v) is 11.0. The maximum absolute atomic E-state index is 13.6. The van der Waals surface area contributed by atoms with Gasteiger partial charge in [-0.05, 0) is 32.0 Å². The van der Waals surface area contributed by atoms with Crippen LogP contribution >= 0.6 is 0 Å². The Morgan fingerprint density at radius 1 is 1.37 bits per heavy atom. The number of halogens is 2. The topological polar surface area (TPSA) is 29.9 Å². The third-order valence-electron chi connectivity index (χ3n) is 3.17. The molecular weight excluding hydrogens is 248 g/mol. The number of hydrogen-bond donors (Lipinski definition) is 1. The molecule has 1 atom stereocenters. The first-order chi connectivity index (χ1) is 9.13. The van der Waals surface area contributed by atoms with E-state index in [4.69, 9.17) is 0 Å². The average Bonchev–Trinajstić information content (AvgIpc) is 2.86. The maximum atomic E-state index is 13.6. The summed E-state index contributed by atoms with van der Waals surface area (Å²) in [6, 6.07) is 3.64. The lowest BCUT2D eigenvalue weighted by Gasteiger charge is -2.15. The van der Waals surface area contributed by atoms with E-state index in [1.54, 1.807) is 6.20 Å². The van der Waals surface area contributed by atoms with Gasteiger partial charge in [-0.25, -0.2) is 8.78 Å². The summed E-state index contributed by atoms with van der Waals surface area (Å²) in [7, 11) is 1.81. The maximum Gasteiger partial charge on any atom is 0.129 e. The van der Waals surface area contributed by atoms with E-state index in [0.29, 0.717) is 12.0 Å². The van der Waals surface area contributed by atoms with Gasteiger partial charge in [0.25, 0.3) is 0 Å². The molecule has 2 rings (SSSR count). The highest BCUT2D eigenvalue weighted by molar-refractivity contribution is 5.22. The molecule has 1 unspecified atom stereocenters. The largest absolute Gasteiger partial charge is 0.313 e. The molecule has 2 aromatic rings. The van der Waals surface area contributed by atoms with Gasteiger partial charge in [0.2, 0.25) is 0 Å². The van der Waals surface area contributed by atoms with Gasteiger partial charge in [0.1, 0.15) is 11.6 Å². The van der Waals surface area contributed by atoms with Gasteiger partial charge in [-0.2, -0.15) is 5.10 Å². The Labute approximate surface area is 111 Å². The molecule has 0 amide bonds. The van der Waals surface area contributed by atoms with E-state index in [1.807, 2.05) is 24.9 Å². The highest BCUT2D eigenvalue weighted by Gasteiger charge is 2.15. The van der Waals surface area contributed by atoms with Crippen LogP contribution in [0.5, 0.6) is 0 Å². The lowest BCUT2D eigenvalue weighted by molar-refractivity contribution is 0.540. The summed E-state index contributed by atoms with van der Waals surface area (Å²) < 4.78 is 28.3. The smallest absolute Gasteiger partial charge is 0.129 e. The average molecular weight is 265 g/mol. The molecule has 1 N–H and O–H groups in total. The lowest BCUT2D eigenvalue weighted by atomic mass is 10.0. The fraction of sp³-hybridized carbons (Fsp3) is 0.357. The molecule has 1 aromatic carbocycles. The number of aryl methyl sites for hydroxylation is 1. The van der Waals surface area contributed by atoms with Crippen LogP contribution in [0, 0.1) is 11.6 Å². The van der Waals surface area contributed by atoms with Crippen molar-refractivity contribution < 1.29 is 8.78 Å². The molecule has 102 valence electrons. The summed E-state index contributed by atoms with van der Waals surface area (Å²) >= 11 is 0. The lowest BCUT2D eigenvalue weighted by Crippen LogP contribution is -2.19. The summed E-state index contributed by atoms with van der Waals surface area (Å²) in [4.78, 5) is 0. The third kappa shape index (κ3) is 3.17.